The number of aryl methyl sites for hydroxylation is 1. The largest absolute Gasteiger partial charge is 0.368 e. The molecule has 0 saturated carbocycles. The van der Waals surface area contributed by atoms with Crippen molar-refractivity contribution in [3.05, 3.63) is 24.2 Å². The summed E-state index contributed by atoms with van der Waals surface area (Å²) < 4.78 is 1.89. The predicted octanol–water partition coefficient (Wildman–Crippen LogP) is 2.18. The van der Waals surface area contributed by atoms with Crippen LogP contribution in [0.5, 0.6) is 0 Å². The average Bonchev–Trinajstić information content (AvgIpc) is 3.02. The topological polar surface area (TPSA) is 45.5 Å². The Bertz CT molecular complexity index is 577. The number of nitrogens with one attached hydrogen (secondary N) is 1. The highest BCUT2D eigenvalue weighted by Crippen LogP contribution is 2.19. The number of rotatable bonds is 5. The van der Waals surface area contributed by atoms with Gasteiger partial charge in [0.1, 0.15) is 5.52 Å². The number of aromatic nitrogens is 3. The van der Waals surface area contributed by atoms with Crippen molar-refractivity contribution in [1.29, 1.82) is 0 Å². The van der Waals surface area contributed by atoms with Crippen LogP contribution in [-0.2, 0) is 0 Å². The van der Waals surface area contributed by atoms with Crippen LogP contribution in [0.15, 0.2) is 18.5 Å². The lowest BCUT2D eigenvalue weighted by Crippen LogP contribution is -2.23. The minimum atomic E-state index is 0.729. The van der Waals surface area contributed by atoms with Gasteiger partial charge in [0, 0.05) is 25.5 Å². The predicted molar refractivity (Wildman–Crippen MR) is 81.1 cm³/mol. The quantitative estimate of drug-likeness (QED) is 0.907. The molecule has 108 valence electrons. The molecule has 1 aliphatic rings. The second-order valence-corrected chi connectivity index (χ2v) is 5.73. The summed E-state index contributed by atoms with van der Waals surface area (Å²) in [5.74, 6) is 1.68. The van der Waals surface area contributed by atoms with E-state index >= 15 is 0 Å². The maximum absolute atomic E-state index is 4.45. The summed E-state index contributed by atoms with van der Waals surface area (Å²) >= 11 is 0. The first-order chi connectivity index (χ1) is 9.76. The van der Waals surface area contributed by atoms with Crippen molar-refractivity contribution in [2.45, 2.75) is 26.7 Å². The molecule has 1 unspecified atom stereocenters. The van der Waals surface area contributed by atoms with Crippen LogP contribution in [0, 0.1) is 12.8 Å². The van der Waals surface area contributed by atoms with Gasteiger partial charge in [0.2, 0.25) is 0 Å². The Morgan fingerprint density at radius 2 is 2.35 bits per heavy atom. The molecule has 0 amide bonds. The van der Waals surface area contributed by atoms with Crippen LogP contribution in [0.4, 0.5) is 5.82 Å². The molecular formula is C15H23N5. The van der Waals surface area contributed by atoms with Gasteiger partial charge in [-0.1, -0.05) is 6.92 Å². The first-order valence-electron chi connectivity index (χ1n) is 7.53. The molecule has 0 aromatic carbocycles. The monoisotopic (exact) mass is 273 g/mol. The van der Waals surface area contributed by atoms with Gasteiger partial charge in [-0.3, -0.25) is 0 Å². The number of hydrogen-bond acceptors (Lipinski definition) is 4. The maximum Gasteiger partial charge on any atom is 0.152 e. The number of hydrogen-bond donors (Lipinski definition) is 1. The lowest BCUT2D eigenvalue weighted by molar-refractivity contribution is 0.327. The summed E-state index contributed by atoms with van der Waals surface area (Å²) in [5, 5.41) is 7.93. The minimum Gasteiger partial charge on any atom is -0.368 e. The molecule has 5 nitrogen and oxygen atoms in total. The van der Waals surface area contributed by atoms with E-state index in [1.165, 1.54) is 32.5 Å². The fraction of sp³-hybridized carbons (Fsp3) is 0.600. The molecule has 2 aromatic heterocycles. The van der Waals surface area contributed by atoms with E-state index < -0.39 is 0 Å². The van der Waals surface area contributed by atoms with Gasteiger partial charge in [-0.05, 0) is 44.8 Å². The van der Waals surface area contributed by atoms with Crippen molar-refractivity contribution in [2.24, 2.45) is 5.92 Å². The summed E-state index contributed by atoms with van der Waals surface area (Å²) in [6.45, 7) is 8.93. The second-order valence-electron chi connectivity index (χ2n) is 5.73. The molecule has 1 saturated heterocycles. The number of fused-ring (bicyclic) bond motifs is 1. The van der Waals surface area contributed by atoms with Crippen molar-refractivity contribution in [1.82, 2.24) is 19.5 Å². The van der Waals surface area contributed by atoms with Gasteiger partial charge >= 0.3 is 0 Å². The molecule has 3 rings (SSSR count). The van der Waals surface area contributed by atoms with Crippen LogP contribution in [0.1, 0.15) is 25.5 Å². The van der Waals surface area contributed by atoms with E-state index in [4.69, 9.17) is 0 Å². The van der Waals surface area contributed by atoms with Gasteiger partial charge in [-0.2, -0.15) is 5.10 Å². The Labute approximate surface area is 120 Å². The van der Waals surface area contributed by atoms with Crippen LogP contribution < -0.4 is 5.32 Å². The molecule has 0 radical (unpaired) electrons. The fourth-order valence-electron chi connectivity index (χ4n) is 3.02. The summed E-state index contributed by atoms with van der Waals surface area (Å²) in [4.78, 5) is 7.01. The van der Waals surface area contributed by atoms with Crippen LogP contribution >= 0.6 is 0 Å². The Morgan fingerprint density at radius 1 is 1.45 bits per heavy atom. The van der Waals surface area contributed by atoms with Crippen molar-refractivity contribution >= 4 is 11.3 Å². The molecule has 1 fully saturated rings. The van der Waals surface area contributed by atoms with Crippen LogP contribution in [-0.4, -0.2) is 45.7 Å². The highest BCUT2D eigenvalue weighted by atomic mass is 15.2. The standard InChI is InChI=1S/C15H23N5/c1-3-6-19-7-4-13(11-19)10-17-15-14-9-12(2)18-20(14)8-5-16-15/h5,8-9,13H,3-4,6-7,10-11H2,1-2H3,(H,16,17). The minimum absolute atomic E-state index is 0.729. The van der Waals surface area contributed by atoms with Gasteiger partial charge in [0.15, 0.2) is 5.82 Å². The SMILES string of the molecule is CCCN1CCC(CNc2nccn3nc(C)cc23)C1. The number of anilines is 1. The van der Waals surface area contributed by atoms with Crippen molar-refractivity contribution in [3.63, 3.8) is 0 Å². The number of likely N-dealkylation sites (tertiary alicyclic amines) is 1. The molecule has 0 spiro atoms. The molecule has 3 heterocycles. The van der Waals surface area contributed by atoms with Crippen molar-refractivity contribution < 1.29 is 0 Å². The molecular weight excluding hydrogens is 250 g/mol. The molecule has 1 N–H and O–H groups in total. The molecule has 2 aromatic rings. The summed E-state index contributed by atoms with van der Waals surface area (Å²) in [5.41, 5.74) is 2.09. The van der Waals surface area contributed by atoms with E-state index in [-0.39, 0.29) is 0 Å². The van der Waals surface area contributed by atoms with E-state index in [0.717, 1.165) is 29.5 Å². The van der Waals surface area contributed by atoms with Crippen molar-refractivity contribution in [3.8, 4) is 0 Å². The highest BCUT2D eigenvalue weighted by molar-refractivity contribution is 5.67. The molecule has 1 aliphatic heterocycles. The van der Waals surface area contributed by atoms with Gasteiger partial charge in [0.05, 0.1) is 5.69 Å². The highest BCUT2D eigenvalue weighted by Gasteiger charge is 2.21. The molecule has 5 heteroatoms. The summed E-state index contributed by atoms with van der Waals surface area (Å²) in [6, 6.07) is 2.08. The van der Waals surface area contributed by atoms with Gasteiger partial charge < -0.3 is 10.2 Å². The van der Waals surface area contributed by atoms with Crippen LogP contribution in [0.3, 0.4) is 0 Å². The summed E-state index contributed by atoms with van der Waals surface area (Å²) in [6.07, 6.45) is 6.23. The summed E-state index contributed by atoms with van der Waals surface area (Å²) in [7, 11) is 0. The average molecular weight is 273 g/mol. The molecule has 0 aliphatic carbocycles. The first kappa shape index (κ1) is 13.4. The third-order valence-corrected chi connectivity index (χ3v) is 3.98. The van der Waals surface area contributed by atoms with Crippen LogP contribution in [0.2, 0.25) is 0 Å². The first-order valence-corrected chi connectivity index (χ1v) is 7.53. The van der Waals surface area contributed by atoms with Gasteiger partial charge in [0.25, 0.3) is 0 Å². The zero-order valence-corrected chi connectivity index (χ0v) is 12.3. The molecule has 0 bridgehead atoms. The van der Waals surface area contributed by atoms with Gasteiger partial charge in [-0.15, -0.1) is 0 Å². The van der Waals surface area contributed by atoms with E-state index in [1.54, 1.807) is 6.20 Å². The molecule has 1 atom stereocenters. The Balaban J connectivity index is 1.63. The normalized spacial score (nSPS) is 19.8. The second kappa shape index (κ2) is 5.79. The Hall–Kier alpha value is -1.62. The Morgan fingerprint density at radius 3 is 3.20 bits per heavy atom. The smallest absolute Gasteiger partial charge is 0.152 e. The van der Waals surface area contributed by atoms with Gasteiger partial charge in [-0.25, -0.2) is 9.50 Å². The fourth-order valence-corrected chi connectivity index (χ4v) is 3.02. The van der Waals surface area contributed by atoms with E-state index in [0.29, 0.717) is 0 Å². The lowest BCUT2D eigenvalue weighted by atomic mass is 10.1. The zero-order chi connectivity index (χ0) is 13.9. The maximum atomic E-state index is 4.45. The van der Waals surface area contributed by atoms with E-state index in [2.05, 4.69) is 33.3 Å². The molecule has 20 heavy (non-hydrogen) atoms. The third-order valence-electron chi connectivity index (χ3n) is 3.98. The van der Waals surface area contributed by atoms with E-state index in [1.807, 2.05) is 17.6 Å². The Kier molecular flexibility index (Phi) is 3.87. The van der Waals surface area contributed by atoms with Crippen LogP contribution in [0.25, 0.3) is 5.52 Å². The number of nitrogens with zero attached hydrogens (tertiary/aromatic N) is 4. The third kappa shape index (κ3) is 2.77. The lowest BCUT2D eigenvalue weighted by Gasteiger charge is -2.15. The van der Waals surface area contributed by atoms with E-state index in [9.17, 15) is 0 Å². The van der Waals surface area contributed by atoms with Crippen molar-refractivity contribution in [2.75, 3.05) is 31.5 Å². The zero-order valence-electron chi connectivity index (χ0n) is 12.3.